The zero-order chi connectivity index (χ0) is 14.5. The van der Waals surface area contributed by atoms with Gasteiger partial charge in [-0.25, -0.2) is 0 Å². The average molecular weight is 283 g/mol. The summed E-state index contributed by atoms with van der Waals surface area (Å²) in [6.07, 6.45) is 2.17. The van der Waals surface area contributed by atoms with Gasteiger partial charge in [-0.15, -0.1) is 0 Å². The predicted molar refractivity (Wildman–Crippen MR) is 78.6 cm³/mol. The molecule has 0 saturated heterocycles. The molecule has 1 rings (SSSR count). The lowest BCUT2D eigenvalue weighted by Gasteiger charge is -2.27. The molecule has 5 heteroatoms. The number of benzene rings is 1. The van der Waals surface area contributed by atoms with Gasteiger partial charge in [0.15, 0.2) is 0 Å². The van der Waals surface area contributed by atoms with Crippen molar-refractivity contribution < 1.29 is 13.0 Å². The van der Waals surface area contributed by atoms with Gasteiger partial charge in [0.05, 0.1) is 5.75 Å². The van der Waals surface area contributed by atoms with Crippen LogP contribution >= 0.6 is 0 Å². The SMILES string of the molecule is C=Cc1ccc(C(C)(C)NCCCS(=O)(=O)O)cc1. The first-order chi connectivity index (χ1) is 8.74. The smallest absolute Gasteiger partial charge is 0.264 e. The standard InChI is InChI=1S/C14H21NO3S/c1-4-12-6-8-13(9-7-12)14(2,3)15-10-5-11-19(16,17)18/h4,6-9,15H,1,5,10-11H2,2-3H3,(H,16,17,18). The van der Waals surface area contributed by atoms with E-state index in [1.54, 1.807) is 6.08 Å². The zero-order valence-corrected chi connectivity index (χ0v) is 12.2. The fraction of sp³-hybridized carbons (Fsp3) is 0.429. The molecule has 0 radical (unpaired) electrons. The Labute approximate surface area is 115 Å². The largest absolute Gasteiger partial charge is 0.308 e. The van der Waals surface area contributed by atoms with E-state index in [0.29, 0.717) is 13.0 Å². The van der Waals surface area contributed by atoms with Crippen molar-refractivity contribution in [3.05, 3.63) is 42.0 Å². The van der Waals surface area contributed by atoms with E-state index in [4.69, 9.17) is 4.55 Å². The van der Waals surface area contributed by atoms with E-state index < -0.39 is 10.1 Å². The quantitative estimate of drug-likeness (QED) is 0.596. The lowest BCUT2D eigenvalue weighted by atomic mass is 9.93. The fourth-order valence-electron chi connectivity index (χ4n) is 1.79. The second-order valence-electron chi connectivity index (χ2n) is 5.02. The van der Waals surface area contributed by atoms with Crippen LogP contribution in [0.5, 0.6) is 0 Å². The highest BCUT2D eigenvalue weighted by atomic mass is 32.2. The lowest BCUT2D eigenvalue weighted by molar-refractivity contribution is 0.401. The molecular formula is C14H21NO3S. The molecule has 0 aromatic heterocycles. The van der Waals surface area contributed by atoms with E-state index in [-0.39, 0.29) is 11.3 Å². The summed E-state index contributed by atoms with van der Waals surface area (Å²) in [6.45, 7) is 8.30. The Bertz CT molecular complexity index is 518. The summed E-state index contributed by atoms with van der Waals surface area (Å²) >= 11 is 0. The molecular weight excluding hydrogens is 262 g/mol. The molecule has 0 amide bonds. The maximum absolute atomic E-state index is 10.6. The first-order valence-corrected chi connectivity index (χ1v) is 7.79. The maximum atomic E-state index is 10.6. The van der Waals surface area contributed by atoms with Crippen molar-refractivity contribution in [3.8, 4) is 0 Å². The Morgan fingerprint density at radius 2 is 1.89 bits per heavy atom. The van der Waals surface area contributed by atoms with Crippen LogP contribution in [-0.2, 0) is 15.7 Å². The molecule has 1 aromatic carbocycles. The summed E-state index contributed by atoms with van der Waals surface area (Å²) in [6, 6.07) is 8.02. The summed E-state index contributed by atoms with van der Waals surface area (Å²) in [7, 11) is -3.87. The Morgan fingerprint density at radius 1 is 1.32 bits per heavy atom. The highest BCUT2D eigenvalue weighted by Gasteiger charge is 2.19. The van der Waals surface area contributed by atoms with Crippen LogP contribution in [0.15, 0.2) is 30.8 Å². The van der Waals surface area contributed by atoms with Crippen molar-refractivity contribution in [2.24, 2.45) is 0 Å². The molecule has 0 unspecified atom stereocenters. The summed E-state index contributed by atoms with van der Waals surface area (Å²) < 4.78 is 29.9. The van der Waals surface area contributed by atoms with Gasteiger partial charge in [0.1, 0.15) is 0 Å². The molecule has 19 heavy (non-hydrogen) atoms. The van der Waals surface area contributed by atoms with E-state index in [1.165, 1.54) is 0 Å². The second kappa shape index (κ2) is 6.32. The van der Waals surface area contributed by atoms with Gasteiger partial charge in [0, 0.05) is 5.54 Å². The molecule has 0 bridgehead atoms. The van der Waals surface area contributed by atoms with Gasteiger partial charge in [-0.2, -0.15) is 8.42 Å². The highest BCUT2D eigenvalue weighted by molar-refractivity contribution is 7.85. The van der Waals surface area contributed by atoms with E-state index >= 15 is 0 Å². The second-order valence-corrected chi connectivity index (χ2v) is 6.59. The topological polar surface area (TPSA) is 66.4 Å². The molecule has 4 nitrogen and oxygen atoms in total. The molecule has 0 fully saturated rings. The number of nitrogens with one attached hydrogen (secondary N) is 1. The van der Waals surface area contributed by atoms with Crippen LogP contribution in [0.3, 0.4) is 0 Å². The highest BCUT2D eigenvalue weighted by Crippen LogP contribution is 2.20. The molecule has 106 valence electrons. The van der Waals surface area contributed by atoms with Crippen molar-refractivity contribution in [2.45, 2.75) is 25.8 Å². The Hall–Kier alpha value is -1.17. The maximum Gasteiger partial charge on any atom is 0.264 e. The fourth-order valence-corrected chi connectivity index (χ4v) is 2.30. The average Bonchev–Trinajstić information content (AvgIpc) is 2.34. The van der Waals surface area contributed by atoms with Crippen LogP contribution in [0.4, 0.5) is 0 Å². The van der Waals surface area contributed by atoms with Crippen LogP contribution in [0, 0.1) is 0 Å². The molecule has 0 heterocycles. The van der Waals surface area contributed by atoms with Crippen molar-refractivity contribution in [1.82, 2.24) is 5.32 Å². The number of rotatable bonds is 7. The lowest BCUT2D eigenvalue weighted by Crippen LogP contribution is -2.37. The third-order valence-electron chi connectivity index (χ3n) is 3.01. The Balaban J connectivity index is 2.57. The van der Waals surface area contributed by atoms with Gasteiger partial charge >= 0.3 is 0 Å². The summed E-state index contributed by atoms with van der Waals surface area (Å²) in [5.74, 6) is -0.217. The van der Waals surface area contributed by atoms with Crippen molar-refractivity contribution in [1.29, 1.82) is 0 Å². The van der Waals surface area contributed by atoms with Gasteiger partial charge in [-0.05, 0) is 37.9 Å². The summed E-state index contributed by atoms with van der Waals surface area (Å²) in [5.41, 5.74) is 1.93. The van der Waals surface area contributed by atoms with Gasteiger partial charge in [0.2, 0.25) is 0 Å². The minimum atomic E-state index is -3.87. The first kappa shape index (κ1) is 15.9. The molecule has 0 saturated carbocycles. The Kier molecular flexibility index (Phi) is 5.29. The van der Waals surface area contributed by atoms with E-state index in [2.05, 4.69) is 11.9 Å². The van der Waals surface area contributed by atoms with Gasteiger partial charge in [-0.3, -0.25) is 4.55 Å². The number of hydrogen-bond acceptors (Lipinski definition) is 3. The summed E-state index contributed by atoms with van der Waals surface area (Å²) in [4.78, 5) is 0. The van der Waals surface area contributed by atoms with E-state index in [1.807, 2.05) is 38.1 Å². The van der Waals surface area contributed by atoms with E-state index in [0.717, 1.165) is 11.1 Å². The zero-order valence-electron chi connectivity index (χ0n) is 11.4. The van der Waals surface area contributed by atoms with Crippen LogP contribution in [0.1, 0.15) is 31.4 Å². The molecule has 0 atom stereocenters. The molecule has 0 aliphatic rings. The van der Waals surface area contributed by atoms with Crippen LogP contribution < -0.4 is 5.32 Å². The molecule has 1 aromatic rings. The van der Waals surface area contributed by atoms with Crippen molar-refractivity contribution in [2.75, 3.05) is 12.3 Å². The first-order valence-electron chi connectivity index (χ1n) is 6.18. The third-order valence-corrected chi connectivity index (χ3v) is 3.82. The Morgan fingerprint density at radius 3 is 2.37 bits per heavy atom. The number of hydrogen-bond donors (Lipinski definition) is 2. The summed E-state index contributed by atoms with van der Waals surface area (Å²) in [5, 5.41) is 3.28. The molecule has 2 N–H and O–H groups in total. The molecule has 0 aliphatic carbocycles. The molecule has 0 aliphatic heterocycles. The van der Waals surface area contributed by atoms with E-state index in [9.17, 15) is 8.42 Å². The van der Waals surface area contributed by atoms with Crippen molar-refractivity contribution >= 4 is 16.2 Å². The predicted octanol–water partition coefficient (Wildman–Crippen LogP) is 2.43. The minimum absolute atomic E-state index is 0.217. The van der Waals surface area contributed by atoms with Crippen LogP contribution in [0.2, 0.25) is 0 Å². The normalized spacial score (nSPS) is 12.4. The molecule has 0 spiro atoms. The van der Waals surface area contributed by atoms with Crippen LogP contribution in [0.25, 0.3) is 6.08 Å². The van der Waals surface area contributed by atoms with Crippen molar-refractivity contribution in [3.63, 3.8) is 0 Å². The van der Waals surface area contributed by atoms with Gasteiger partial charge in [0.25, 0.3) is 10.1 Å². The minimum Gasteiger partial charge on any atom is -0.308 e. The third kappa shape index (κ3) is 5.55. The van der Waals surface area contributed by atoms with Gasteiger partial charge < -0.3 is 5.32 Å². The monoisotopic (exact) mass is 283 g/mol. The van der Waals surface area contributed by atoms with Gasteiger partial charge in [-0.1, -0.05) is 36.9 Å². The van der Waals surface area contributed by atoms with Crippen LogP contribution in [-0.4, -0.2) is 25.3 Å².